The van der Waals surface area contributed by atoms with Crippen LogP contribution in [0.1, 0.15) is 42.9 Å². The van der Waals surface area contributed by atoms with Gasteiger partial charge in [-0.3, -0.25) is 4.79 Å². The number of Topliss-reactive ketones (excluding diaryl/α,β-unsaturated/α-hetero) is 1. The van der Waals surface area contributed by atoms with Crippen molar-refractivity contribution in [3.63, 3.8) is 0 Å². The van der Waals surface area contributed by atoms with Gasteiger partial charge in [-0.2, -0.15) is 0 Å². The number of fused-ring (bicyclic) bond motifs is 1. The third-order valence-electron chi connectivity index (χ3n) is 3.50. The summed E-state index contributed by atoms with van der Waals surface area (Å²) >= 11 is 0. The van der Waals surface area contributed by atoms with Crippen molar-refractivity contribution in [2.24, 2.45) is 0 Å². The second-order valence-electron chi connectivity index (χ2n) is 4.82. The lowest BCUT2D eigenvalue weighted by atomic mass is 9.93. The summed E-state index contributed by atoms with van der Waals surface area (Å²) in [5.41, 5.74) is 3.91. The fourth-order valence-electron chi connectivity index (χ4n) is 2.69. The number of carbonyl (C=O) groups is 1. The number of hydrogen-bond donors (Lipinski definition) is 0. The Morgan fingerprint density at radius 1 is 1.24 bits per heavy atom. The van der Waals surface area contributed by atoms with E-state index in [1.165, 1.54) is 30.4 Å². The predicted octanol–water partition coefficient (Wildman–Crippen LogP) is 3.10. The van der Waals surface area contributed by atoms with Gasteiger partial charge in [-0.15, -0.1) is 0 Å². The third-order valence-corrected chi connectivity index (χ3v) is 3.50. The zero-order valence-corrected chi connectivity index (χ0v) is 10.7. The molecule has 0 unspecified atom stereocenters. The Hall–Kier alpha value is -1.31. The van der Waals surface area contributed by atoms with Gasteiger partial charge in [-0.1, -0.05) is 12.5 Å². The number of benzene rings is 1. The van der Waals surface area contributed by atoms with E-state index in [2.05, 4.69) is 6.07 Å². The fraction of sp³-hybridized carbons (Fsp3) is 0.533. The molecule has 0 saturated heterocycles. The molecule has 0 aliphatic heterocycles. The molecule has 1 aliphatic carbocycles. The van der Waals surface area contributed by atoms with Crippen LogP contribution in [0.3, 0.4) is 0 Å². The van der Waals surface area contributed by atoms with E-state index in [0.717, 1.165) is 24.2 Å². The summed E-state index contributed by atoms with van der Waals surface area (Å²) in [6.45, 7) is 1.65. The molecule has 17 heavy (non-hydrogen) atoms. The molecule has 0 aromatic heterocycles. The maximum atomic E-state index is 11.4. The molecule has 1 aromatic rings. The van der Waals surface area contributed by atoms with Crippen molar-refractivity contribution in [1.29, 1.82) is 0 Å². The highest BCUT2D eigenvalue weighted by atomic mass is 16.5. The Balaban J connectivity index is 2.46. The van der Waals surface area contributed by atoms with Crippen molar-refractivity contribution in [2.75, 3.05) is 7.11 Å². The topological polar surface area (TPSA) is 26.3 Å². The van der Waals surface area contributed by atoms with Crippen LogP contribution in [0.2, 0.25) is 0 Å². The first-order valence-electron chi connectivity index (χ1n) is 6.39. The van der Waals surface area contributed by atoms with Gasteiger partial charge < -0.3 is 4.74 Å². The summed E-state index contributed by atoms with van der Waals surface area (Å²) in [7, 11) is 1.68. The summed E-state index contributed by atoms with van der Waals surface area (Å²) in [5, 5.41) is 0. The van der Waals surface area contributed by atoms with Crippen molar-refractivity contribution in [3.8, 4) is 5.75 Å². The Bertz CT molecular complexity index is 421. The number of ketones is 1. The molecule has 0 fully saturated rings. The molecule has 0 radical (unpaired) electrons. The second-order valence-corrected chi connectivity index (χ2v) is 4.82. The van der Waals surface area contributed by atoms with Crippen LogP contribution in [0.15, 0.2) is 12.1 Å². The molecule has 0 bridgehead atoms. The smallest absolute Gasteiger partial charge is 0.134 e. The monoisotopic (exact) mass is 232 g/mol. The molecule has 1 aromatic carbocycles. The zero-order chi connectivity index (χ0) is 12.3. The van der Waals surface area contributed by atoms with Gasteiger partial charge in [0, 0.05) is 12.0 Å². The highest BCUT2D eigenvalue weighted by molar-refractivity contribution is 5.79. The first-order valence-corrected chi connectivity index (χ1v) is 6.39. The lowest BCUT2D eigenvalue weighted by molar-refractivity contribution is -0.116. The van der Waals surface area contributed by atoms with Crippen LogP contribution in [-0.4, -0.2) is 12.9 Å². The number of hydrogen-bond acceptors (Lipinski definition) is 2. The number of ether oxygens (including phenoxy) is 1. The average molecular weight is 232 g/mol. The summed E-state index contributed by atoms with van der Waals surface area (Å²) in [6.07, 6.45) is 6.52. The lowest BCUT2D eigenvalue weighted by Gasteiger charge is -2.15. The second kappa shape index (κ2) is 5.35. The van der Waals surface area contributed by atoms with Crippen LogP contribution in [-0.2, 0) is 24.1 Å². The normalized spacial score (nSPS) is 14.9. The Labute approximate surface area is 103 Å². The quantitative estimate of drug-likeness (QED) is 0.748. The van der Waals surface area contributed by atoms with E-state index in [1.54, 1.807) is 14.0 Å². The summed E-state index contributed by atoms with van der Waals surface area (Å²) in [5.74, 6) is 1.08. The molecule has 0 spiro atoms. The molecule has 0 saturated carbocycles. The highest BCUT2D eigenvalue weighted by Gasteiger charge is 2.17. The van der Waals surface area contributed by atoms with Crippen molar-refractivity contribution in [1.82, 2.24) is 0 Å². The van der Waals surface area contributed by atoms with Crippen LogP contribution in [0.25, 0.3) is 0 Å². The molecule has 92 valence electrons. The van der Waals surface area contributed by atoms with Crippen LogP contribution in [0, 0.1) is 0 Å². The van der Waals surface area contributed by atoms with E-state index in [9.17, 15) is 4.79 Å². The standard InChI is InChI=1S/C15H20O2/c1-11(16)10-14-13-7-5-3-4-6-12(13)8-9-15(14)17-2/h8-9H,3-7,10H2,1-2H3. The maximum absolute atomic E-state index is 11.4. The SMILES string of the molecule is COc1ccc2c(c1CC(C)=O)CCCCC2. The van der Waals surface area contributed by atoms with Gasteiger partial charge in [0.05, 0.1) is 7.11 Å². The predicted molar refractivity (Wildman–Crippen MR) is 68.6 cm³/mol. The van der Waals surface area contributed by atoms with Gasteiger partial charge in [0.1, 0.15) is 11.5 Å². The largest absolute Gasteiger partial charge is 0.496 e. The molecule has 1 aliphatic rings. The van der Waals surface area contributed by atoms with Crippen molar-refractivity contribution < 1.29 is 9.53 Å². The highest BCUT2D eigenvalue weighted by Crippen LogP contribution is 2.30. The van der Waals surface area contributed by atoms with Crippen LogP contribution in [0.5, 0.6) is 5.75 Å². The molecule has 2 nitrogen and oxygen atoms in total. The number of methoxy groups -OCH3 is 1. The minimum atomic E-state index is 0.209. The average Bonchev–Trinajstić information content (AvgIpc) is 2.54. The molecule has 0 atom stereocenters. The minimum absolute atomic E-state index is 0.209. The van der Waals surface area contributed by atoms with Crippen LogP contribution < -0.4 is 4.74 Å². The molecule has 0 amide bonds. The lowest BCUT2D eigenvalue weighted by Crippen LogP contribution is -2.06. The van der Waals surface area contributed by atoms with Gasteiger partial charge in [0.15, 0.2) is 0 Å². The molecule has 2 heteroatoms. The van der Waals surface area contributed by atoms with Crippen LogP contribution in [0.4, 0.5) is 0 Å². The Morgan fingerprint density at radius 2 is 2.00 bits per heavy atom. The Morgan fingerprint density at radius 3 is 2.71 bits per heavy atom. The van der Waals surface area contributed by atoms with E-state index in [-0.39, 0.29) is 5.78 Å². The van der Waals surface area contributed by atoms with Gasteiger partial charge in [-0.25, -0.2) is 0 Å². The van der Waals surface area contributed by atoms with Crippen molar-refractivity contribution >= 4 is 5.78 Å². The molecule has 0 N–H and O–H groups in total. The van der Waals surface area contributed by atoms with Gasteiger partial charge in [-0.05, 0) is 49.8 Å². The van der Waals surface area contributed by atoms with E-state index >= 15 is 0 Å². The Kier molecular flexibility index (Phi) is 3.82. The van der Waals surface area contributed by atoms with E-state index in [0.29, 0.717) is 6.42 Å². The number of rotatable bonds is 3. The molecule has 2 rings (SSSR count). The number of aryl methyl sites for hydroxylation is 1. The maximum Gasteiger partial charge on any atom is 0.134 e. The molecular formula is C15H20O2. The summed E-state index contributed by atoms with van der Waals surface area (Å²) in [6, 6.07) is 4.19. The van der Waals surface area contributed by atoms with Gasteiger partial charge in [0.25, 0.3) is 0 Å². The van der Waals surface area contributed by atoms with Crippen molar-refractivity contribution in [2.45, 2.75) is 45.4 Å². The van der Waals surface area contributed by atoms with Crippen LogP contribution >= 0.6 is 0 Å². The van der Waals surface area contributed by atoms with E-state index in [1.807, 2.05) is 6.07 Å². The van der Waals surface area contributed by atoms with Gasteiger partial charge in [0.2, 0.25) is 0 Å². The summed E-state index contributed by atoms with van der Waals surface area (Å²) < 4.78 is 5.40. The minimum Gasteiger partial charge on any atom is -0.496 e. The van der Waals surface area contributed by atoms with E-state index < -0.39 is 0 Å². The molecular weight excluding hydrogens is 212 g/mol. The fourth-order valence-corrected chi connectivity index (χ4v) is 2.69. The first-order chi connectivity index (χ1) is 8.22. The first kappa shape index (κ1) is 12.2. The third kappa shape index (κ3) is 2.68. The van der Waals surface area contributed by atoms with E-state index in [4.69, 9.17) is 4.74 Å². The van der Waals surface area contributed by atoms with Crippen molar-refractivity contribution in [3.05, 3.63) is 28.8 Å². The van der Waals surface area contributed by atoms with Gasteiger partial charge >= 0.3 is 0 Å². The zero-order valence-electron chi connectivity index (χ0n) is 10.7. The number of carbonyl (C=O) groups excluding carboxylic acids is 1. The summed E-state index contributed by atoms with van der Waals surface area (Å²) in [4.78, 5) is 11.4. The molecule has 0 heterocycles.